The summed E-state index contributed by atoms with van der Waals surface area (Å²) in [6.07, 6.45) is 0. The summed E-state index contributed by atoms with van der Waals surface area (Å²) >= 11 is 0. The summed E-state index contributed by atoms with van der Waals surface area (Å²) in [5.41, 5.74) is 2.90. The van der Waals surface area contributed by atoms with Crippen molar-refractivity contribution >= 4 is 17.7 Å². The third-order valence-electron chi connectivity index (χ3n) is 4.85. The fourth-order valence-electron chi connectivity index (χ4n) is 3.06. The van der Waals surface area contributed by atoms with Crippen molar-refractivity contribution in [2.75, 3.05) is 14.1 Å². The molecule has 2 rings (SSSR count). The first kappa shape index (κ1) is 22.1. The van der Waals surface area contributed by atoms with Crippen molar-refractivity contribution in [3.05, 3.63) is 70.8 Å². The lowest BCUT2D eigenvalue weighted by molar-refractivity contribution is -0.133. The molecule has 29 heavy (non-hydrogen) atoms. The lowest BCUT2D eigenvalue weighted by Gasteiger charge is -2.27. The van der Waals surface area contributed by atoms with Crippen molar-refractivity contribution in [3.63, 3.8) is 0 Å². The van der Waals surface area contributed by atoms with E-state index in [4.69, 9.17) is 0 Å². The summed E-state index contributed by atoms with van der Waals surface area (Å²) in [5.74, 6) is -0.621. The van der Waals surface area contributed by atoms with E-state index in [-0.39, 0.29) is 23.6 Å². The Morgan fingerprint density at radius 2 is 1.59 bits per heavy atom. The SMILES string of the molecule is CNC(=O)c1ccc(CN(C)C(=O)[C@@H](NC(=O)c2ccccc2C)C(C)C)cc1. The first-order chi connectivity index (χ1) is 13.7. The van der Waals surface area contributed by atoms with Crippen molar-refractivity contribution < 1.29 is 14.4 Å². The van der Waals surface area contributed by atoms with Crippen LogP contribution in [0.2, 0.25) is 0 Å². The number of aryl methyl sites for hydroxylation is 1. The number of nitrogens with zero attached hydrogens (tertiary/aromatic N) is 1. The smallest absolute Gasteiger partial charge is 0.252 e. The zero-order valence-corrected chi connectivity index (χ0v) is 17.7. The molecule has 0 bridgehead atoms. The molecule has 0 unspecified atom stereocenters. The molecule has 6 heteroatoms. The highest BCUT2D eigenvalue weighted by Crippen LogP contribution is 2.13. The van der Waals surface area contributed by atoms with Crippen LogP contribution in [0.3, 0.4) is 0 Å². The van der Waals surface area contributed by atoms with Gasteiger partial charge in [-0.3, -0.25) is 14.4 Å². The van der Waals surface area contributed by atoms with E-state index >= 15 is 0 Å². The first-order valence-electron chi connectivity index (χ1n) is 9.67. The molecule has 0 saturated carbocycles. The number of rotatable bonds is 7. The molecule has 3 amide bonds. The van der Waals surface area contributed by atoms with Crippen LogP contribution in [0.1, 0.15) is 45.7 Å². The van der Waals surface area contributed by atoms with Crippen LogP contribution in [0.4, 0.5) is 0 Å². The van der Waals surface area contributed by atoms with Gasteiger partial charge in [-0.15, -0.1) is 0 Å². The molecule has 2 N–H and O–H groups in total. The van der Waals surface area contributed by atoms with Crippen LogP contribution in [0.15, 0.2) is 48.5 Å². The minimum Gasteiger partial charge on any atom is -0.355 e. The molecule has 0 saturated heterocycles. The van der Waals surface area contributed by atoms with Crippen LogP contribution in [0.5, 0.6) is 0 Å². The second-order valence-electron chi connectivity index (χ2n) is 7.48. The molecular weight excluding hydrogens is 366 g/mol. The Kier molecular flexibility index (Phi) is 7.53. The number of nitrogens with one attached hydrogen (secondary N) is 2. The Morgan fingerprint density at radius 1 is 0.966 bits per heavy atom. The van der Waals surface area contributed by atoms with Gasteiger partial charge in [0.2, 0.25) is 5.91 Å². The van der Waals surface area contributed by atoms with Crippen LogP contribution in [0, 0.1) is 12.8 Å². The predicted molar refractivity (Wildman–Crippen MR) is 114 cm³/mol. The minimum atomic E-state index is -0.628. The second-order valence-corrected chi connectivity index (χ2v) is 7.48. The molecule has 6 nitrogen and oxygen atoms in total. The van der Waals surface area contributed by atoms with Gasteiger partial charge in [0.15, 0.2) is 0 Å². The van der Waals surface area contributed by atoms with Gasteiger partial charge in [0.1, 0.15) is 6.04 Å². The Labute approximate surface area is 172 Å². The monoisotopic (exact) mass is 395 g/mol. The summed E-state index contributed by atoms with van der Waals surface area (Å²) in [5, 5.41) is 5.47. The highest BCUT2D eigenvalue weighted by atomic mass is 16.2. The van der Waals surface area contributed by atoms with Crippen molar-refractivity contribution in [1.29, 1.82) is 0 Å². The van der Waals surface area contributed by atoms with Gasteiger partial charge in [0, 0.05) is 31.8 Å². The van der Waals surface area contributed by atoms with Crippen molar-refractivity contribution in [1.82, 2.24) is 15.5 Å². The average molecular weight is 396 g/mol. The van der Waals surface area contributed by atoms with Crippen LogP contribution in [0.25, 0.3) is 0 Å². The molecule has 0 aliphatic rings. The Balaban J connectivity index is 2.08. The molecule has 154 valence electrons. The molecule has 0 spiro atoms. The molecule has 0 heterocycles. The molecule has 0 aliphatic heterocycles. The second kappa shape index (κ2) is 9.87. The van der Waals surface area contributed by atoms with Crippen molar-refractivity contribution in [2.45, 2.75) is 33.4 Å². The molecule has 0 aromatic heterocycles. The van der Waals surface area contributed by atoms with Gasteiger partial charge in [-0.1, -0.05) is 44.2 Å². The molecule has 2 aromatic rings. The number of hydrogen-bond donors (Lipinski definition) is 2. The number of amides is 3. The lowest BCUT2D eigenvalue weighted by Crippen LogP contribution is -2.50. The van der Waals surface area contributed by atoms with E-state index in [2.05, 4.69) is 10.6 Å². The van der Waals surface area contributed by atoms with Crippen LogP contribution < -0.4 is 10.6 Å². The molecule has 0 fully saturated rings. The van der Waals surface area contributed by atoms with E-state index in [1.54, 1.807) is 37.2 Å². The van der Waals surface area contributed by atoms with E-state index in [9.17, 15) is 14.4 Å². The summed E-state index contributed by atoms with van der Waals surface area (Å²) in [4.78, 5) is 38.9. The highest BCUT2D eigenvalue weighted by Gasteiger charge is 2.27. The maximum atomic E-state index is 13.0. The van der Waals surface area contributed by atoms with E-state index in [1.807, 2.05) is 51.1 Å². The molecule has 0 aliphatic carbocycles. The number of hydrogen-bond acceptors (Lipinski definition) is 3. The Hall–Kier alpha value is -3.15. The van der Waals surface area contributed by atoms with E-state index < -0.39 is 6.04 Å². The molecule has 1 atom stereocenters. The fraction of sp³-hybridized carbons (Fsp3) is 0.348. The van der Waals surface area contributed by atoms with Gasteiger partial charge in [0.25, 0.3) is 11.8 Å². The first-order valence-corrected chi connectivity index (χ1v) is 9.67. The molecule has 2 aromatic carbocycles. The van der Waals surface area contributed by atoms with Gasteiger partial charge in [-0.05, 0) is 42.2 Å². The van der Waals surface area contributed by atoms with Crippen molar-refractivity contribution in [3.8, 4) is 0 Å². The quantitative estimate of drug-likeness (QED) is 0.757. The maximum Gasteiger partial charge on any atom is 0.252 e. The summed E-state index contributed by atoms with van der Waals surface area (Å²) in [6.45, 7) is 6.07. The summed E-state index contributed by atoms with van der Waals surface area (Å²) in [6, 6.07) is 13.8. The third-order valence-corrected chi connectivity index (χ3v) is 4.85. The summed E-state index contributed by atoms with van der Waals surface area (Å²) in [7, 11) is 3.30. The van der Waals surface area contributed by atoms with E-state index in [0.29, 0.717) is 17.7 Å². The van der Waals surface area contributed by atoms with Crippen molar-refractivity contribution in [2.24, 2.45) is 5.92 Å². The number of likely N-dealkylation sites (N-methyl/N-ethyl adjacent to an activating group) is 1. The highest BCUT2D eigenvalue weighted by molar-refractivity contribution is 5.98. The third kappa shape index (κ3) is 5.67. The van der Waals surface area contributed by atoms with Gasteiger partial charge in [0.05, 0.1) is 0 Å². The number of benzene rings is 2. The minimum absolute atomic E-state index is 0.0615. The van der Waals surface area contributed by atoms with E-state index in [0.717, 1.165) is 11.1 Å². The zero-order chi connectivity index (χ0) is 21.6. The van der Waals surface area contributed by atoms with Gasteiger partial charge < -0.3 is 15.5 Å². The topological polar surface area (TPSA) is 78.5 Å². The standard InChI is InChI=1S/C23H29N3O3/c1-15(2)20(25-22(28)19-9-7-6-8-16(19)3)23(29)26(5)14-17-10-12-18(13-11-17)21(27)24-4/h6-13,15,20H,14H2,1-5H3,(H,24,27)(H,25,28)/t20-/m0/s1. The lowest BCUT2D eigenvalue weighted by atomic mass is 10.0. The normalized spacial score (nSPS) is 11.7. The summed E-state index contributed by atoms with van der Waals surface area (Å²) < 4.78 is 0. The predicted octanol–water partition coefficient (Wildman–Crippen LogP) is 2.77. The van der Waals surface area contributed by atoms with Gasteiger partial charge in [-0.25, -0.2) is 0 Å². The Bertz CT molecular complexity index is 875. The molecular formula is C23H29N3O3. The van der Waals surface area contributed by atoms with Gasteiger partial charge in [-0.2, -0.15) is 0 Å². The number of carbonyl (C=O) groups is 3. The van der Waals surface area contributed by atoms with Gasteiger partial charge >= 0.3 is 0 Å². The maximum absolute atomic E-state index is 13.0. The zero-order valence-electron chi connectivity index (χ0n) is 17.7. The molecule has 0 radical (unpaired) electrons. The van der Waals surface area contributed by atoms with E-state index in [1.165, 1.54) is 0 Å². The van der Waals surface area contributed by atoms with Crippen LogP contribution in [-0.4, -0.2) is 42.8 Å². The largest absolute Gasteiger partial charge is 0.355 e. The van der Waals surface area contributed by atoms with Crippen LogP contribution >= 0.6 is 0 Å². The van der Waals surface area contributed by atoms with Crippen LogP contribution in [-0.2, 0) is 11.3 Å². The number of carbonyl (C=O) groups excluding carboxylic acids is 3. The fourth-order valence-corrected chi connectivity index (χ4v) is 3.06. The average Bonchev–Trinajstić information content (AvgIpc) is 2.71. The Morgan fingerprint density at radius 3 is 2.14 bits per heavy atom.